The topological polar surface area (TPSA) is 41.8 Å². The number of halogens is 1. The maximum absolute atomic E-state index is 13.6. The van der Waals surface area contributed by atoms with Gasteiger partial charge in [-0.05, 0) is 25.0 Å². The largest absolute Gasteiger partial charge is 0.361 e. The molecule has 14 heavy (non-hydrogen) atoms. The molecule has 1 heterocycles. The van der Waals surface area contributed by atoms with Crippen molar-refractivity contribution in [2.45, 2.75) is 18.4 Å². The highest BCUT2D eigenvalue weighted by Crippen LogP contribution is 2.45. The number of hydrogen-bond donors (Lipinski definition) is 2. The Morgan fingerprint density at radius 3 is 2.86 bits per heavy atom. The van der Waals surface area contributed by atoms with Crippen LogP contribution in [-0.4, -0.2) is 4.98 Å². The number of nitrogens with one attached hydrogen (secondary N) is 1. The molecule has 3 heteroatoms. The minimum atomic E-state index is -0.277. The van der Waals surface area contributed by atoms with E-state index in [0.717, 1.165) is 23.9 Å². The summed E-state index contributed by atoms with van der Waals surface area (Å²) in [5.74, 6) is -0.185. The van der Waals surface area contributed by atoms with Crippen LogP contribution in [0.25, 0.3) is 10.9 Å². The van der Waals surface area contributed by atoms with Crippen LogP contribution in [-0.2, 0) is 5.54 Å². The highest BCUT2D eigenvalue weighted by Gasteiger charge is 2.42. The molecule has 1 saturated carbocycles. The molecule has 0 atom stereocenters. The molecule has 1 aliphatic carbocycles. The predicted octanol–water partition coefficient (Wildman–Crippen LogP) is 2.25. The van der Waals surface area contributed by atoms with Gasteiger partial charge >= 0.3 is 0 Å². The Morgan fingerprint density at radius 2 is 2.14 bits per heavy atom. The predicted molar refractivity (Wildman–Crippen MR) is 53.4 cm³/mol. The fourth-order valence-corrected chi connectivity index (χ4v) is 1.94. The molecule has 2 aromatic rings. The fourth-order valence-electron chi connectivity index (χ4n) is 1.94. The molecule has 3 N–H and O–H groups in total. The first-order valence-electron chi connectivity index (χ1n) is 4.76. The molecule has 1 aromatic heterocycles. The van der Waals surface area contributed by atoms with Crippen LogP contribution >= 0.6 is 0 Å². The van der Waals surface area contributed by atoms with E-state index in [-0.39, 0.29) is 11.4 Å². The molecule has 0 spiro atoms. The second-order valence-electron chi connectivity index (χ2n) is 4.02. The van der Waals surface area contributed by atoms with Crippen LogP contribution in [0.5, 0.6) is 0 Å². The highest BCUT2D eigenvalue weighted by molar-refractivity contribution is 5.85. The van der Waals surface area contributed by atoms with E-state index in [0.29, 0.717) is 5.39 Å². The normalized spacial score (nSPS) is 18.7. The molecule has 1 aliphatic rings. The van der Waals surface area contributed by atoms with Crippen molar-refractivity contribution in [3.8, 4) is 0 Å². The summed E-state index contributed by atoms with van der Waals surface area (Å²) in [6.07, 6.45) is 3.74. The average molecular weight is 190 g/mol. The first-order valence-corrected chi connectivity index (χ1v) is 4.76. The third-order valence-electron chi connectivity index (χ3n) is 2.98. The molecule has 0 bridgehead atoms. The second kappa shape index (κ2) is 2.36. The molecule has 0 saturated heterocycles. The average Bonchev–Trinajstić information content (AvgIpc) is 2.77. The smallest absolute Gasteiger partial charge is 0.132 e. The molecule has 0 amide bonds. The van der Waals surface area contributed by atoms with E-state index in [1.165, 1.54) is 6.07 Å². The lowest BCUT2D eigenvalue weighted by atomic mass is 10.0. The quantitative estimate of drug-likeness (QED) is 0.711. The van der Waals surface area contributed by atoms with Gasteiger partial charge in [0.1, 0.15) is 5.82 Å². The minimum absolute atomic E-state index is 0.185. The number of fused-ring (bicyclic) bond motifs is 1. The number of nitrogens with two attached hydrogens (primary N) is 1. The van der Waals surface area contributed by atoms with E-state index in [1.807, 2.05) is 12.3 Å². The molecule has 1 fully saturated rings. The number of aromatic amines is 1. The van der Waals surface area contributed by atoms with Gasteiger partial charge < -0.3 is 10.7 Å². The van der Waals surface area contributed by atoms with Crippen LogP contribution in [0.4, 0.5) is 4.39 Å². The molecular formula is C11H11FN2. The first kappa shape index (κ1) is 8.00. The Hall–Kier alpha value is -1.35. The lowest BCUT2D eigenvalue weighted by Crippen LogP contribution is -2.18. The van der Waals surface area contributed by atoms with Crippen LogP contribution in [0.2, 0.25) is 0 Å². The standard InChI is InChI=1S/C11H11FN2/c12-8-2-1-3-9-10(8)7(6-14-9)11(13)4-5-11/h1-3,6,14H,4-5,13H2. The van der Waals surface area contributed by atoms with Gasteiger partial charge in [0.05, 0.1) is 0 Å². The van der Waals surface area contributed by atoms with Gasteiger partial charge in [0.15, 0.2) is 0 Å². The summed E-state index contributed by atoms with van der Waals surface area (Å²) < 4.78 is 13.6. The van der Waals surface area contributed by atoms with E-state index in [4.69, 9.17) is 5.73 Å². The first-order chi connectivity index (χ1) is 6.71. The zero-order chi connectivity index (χ0) is 9.76. The van der Waals surface area contributed by atoms with Gasteiger partial charge in [-0.25, -0.2) is 4.39 Å². The number of benzene rings is 1. The molecule has 0 radical (unpaired) electrons. The summed E-state index contributed by atoms with van der Waals surface area (Å²) in [6, 6.07) is 5.05. The van der Waals surface area contributed by atoms with Crippen LogP contribution in [0, 0.1) is 5.82 Å². The zero-order valence-electron chi connectivity index (χ0n) is 7.68. The van der Waals surface area contributed by atoms with Crippen LogP contribution in [0.15, 0.2) is 24.4 Å². The summed E-state index contributed by atoms with van der Waals surface area (Å²) in [7, 11) is 0. The zero-order valence-corrected chi connectivity index (χ0v) is 7.68. The van der Waals surface area contributed by atoms with E-state index in [2.05, 4.69) is 4.98 Å². The molecule has 0 unspecified atom stereocenters. The van der Waals surface area contributed by atoms with E-state index < -0.39 is 0 Å². The van der Waals surface area contributed by atoms with Gasteiger partial charge in [-0.15, -0.1) is 0 Å². The Kier molecular flexibility index (Phi) is 1.35. The Balaban J connectivity index is 2.35. The third-order valence-corrected chi connectivity index (χ3v) is 2.98. The van der Waals surface area contributed by atoms with Gasteiger partial charge in [-0.2, -0.15) is 0 Å². The van der Waals surface area contributed by atoms with Crippen LogP contribution in [0.3, 0.4) is 0 Å². The maximum Gasteiger partial charge on any atom is 0.132 e. The number of aromatic nitrogens is 1. The van der Waals surface area contributed by atoms with Gasteiger partial charge in [-0.1, -0.05) is 6.07 Å². The Bertz CT molecular complexity index is 497. The maximum atomic E-state index is 13.6. The SMILES string of the molecule is NC1(c2c[nH]c3cccc(F)c23)CC1. The van der Waals surface area contributed by atoms with Crippen LogP contribution < -0.4 is 5.73 Å². The van der Waals surface area contributed by atoms with Gasteiger partial charge in [0.2, 0.25) is 0 Å². The van der Waals surface area contributed by atoms with Gasteiger partial charge in [-0.3, -0.25) is 0 Å². The second-order valence-corrected chi connectivity index (χ2v) is 4.02. The van der Waals surface area contributed by atoms with Gasteiger partial charge in [0.25, 0.3) is 0 Å². The van der Waals surface area contributed by atoms with Crippen molar-refractivity contribution in [1.29, 1.82) is 0 Å². The summed E-state index contributed by atoms with van der Waals surface area (Å²) in [6.45, 7) is 0. The summed E-state index contributed by atoms with van der Waals surface area (Å²) in [5, 5.41) is 0.660. The van der Waals surface area contributed by atoms with Gasteiger partial charge in [0, 0.05) is 28.2 Å². The Morgan fingerprint density at radius 1 is 1.36 bits per heavy atom. The molecular weight excluding hydrogens is 179 g/mol. The van der Waals surface area contributed by atoms with Crippen molar-refractivity contribution in [1.82, 2.24) is 4.98 Å². The van der Waals surface area contributed by atoms with Crippen molar-refractivity contribution < 1.29 is 4.39 Å². The minimum Gasteiger partial charge on any atom is -0.361 e. The van der Waals surface area contributed by atoms with Crippen molar-refractivity contribution in [3.05, 3.63) is 35.8 Å². The summed E-state index contributed by atoms with van der Waals surface area (Å²) in [5.41, 5.74) is 7.54. The van der Waals surface area contributed by atoms with E-state index >= 15 is 0 Å². The molecule has 0 aliphatic heterocycles. The molecule has 1 aromatic carbocycles. The fraction of sp³-hybridized carbons (Fsp3) is 0.273. The highest BCUT2D eigenvalue weighted by atomic mass is 19.1. The van der Waals surface area contributed by atoms with E-state index in [9.17, 15) is 4.39 Å². The van der Waals surface area contributed by atoms with E-state index in [1.54, 1.807) is 6.07 Å². The number of rotatable bonds is 1. The Labute approximate surface area is 80.9 Å². The molecule has 3 rings (SSSR count). The number of H-pyrrole nitrogens is 1. The summed E-state index contributed by atoms with van der Waals surface area (Å²) >= 11 is 0. The summed E-state index contributed by atoms with van der Waals surface area (Å²) in [4.78, 5) is 3.06. The number of hydrogen-bond acceptors (Lipinski definition) is 1. The molecule has 2 nitrogen and oxygen atoms in total. The monoisotopic (exact) mass is 190 g/mol. The third kappa shape index (κ3) is 0.930. The van der Waals surface area contributed by atoms with Crippen LogP contribution in [0.1, 0.15) is 18.4 Å². The van der Waals surface area contributed by atoms with Crippen molar-refractivity contribution in [3.63, 3.8) is 0 Å². The van der Waals surface area contributed by atoms with Crippen molar-refractivity contribution in [2.75, 3.05) is 0 Å². The molecule has 72 valence electrons. The lowest BCUT2D eigenvalue weighted by Gasteiger charge is -2.06. The lowest BCUT2D eigenvalue weighted by molar-refractivity contribution is 0.635. The van der Waals surface area contributed by atoms with Crippen molar-refractivity contribution in [2.24, 2.45) is 5.73 Å². The van der Waals surface area contributed by atoms with Crippen molar-refractivity contribution >= 4 is 10.9 Å².